The molecule has 8 N–H and O–H groups in total. The van der Waals surface area contributed by atoms with Gasteiger partial charge in [-0.05, 0) is 24.1 Å². The van der Waals surface area contributed by atoms with Gasteiger partial charge in [0.25, 0.3) is 0 Å². The second-order valence-corrected chi connectivity index (χ2v) is 7.50. The maximum atomic E-state index is 10.5. The van der Waals surface area contributed by atoms with Crippen LogP contribution in [0, 0.1) is 0 Å². The summed E-state index contributed by atoms with van der Waals surface area (Å²) in [6.07, 6.45) is -12.6. The van der Waals surface area contributed by atoms with Crippen molar-refractivity contribution in [3.05, 3.63) is 23.8 Å². The molecule has 0 aliphatic carbocycles. The molecule has 1 aromatic carbocycles. The van der Waals surface area contributed by atoms with Crippen molar-refractivity contribution in [2.75, 3.05) is 19.8 Å². The van der Waals surface area contributed by atoms with Crippen LogP contribution in [0.1, 0.15) is 5.56 Å². The van der Waals surface area contributed by atoms with Crippen molar-refractivity contribution in [3.63, 3.8) is 0 Å². The minimum Gasteiger partial charge on any atom is -0.504 e. The zero-order valence-corrected chi connectivity index (χ0v) is 16.5. The van der Waals surface area contributed by atoms with Gasteiger partial charge in [0, 0.05) is 0 Å². The molecule has 176 valence electrons. The molecule has 2 heterocycles. The number of phenolic OH excluding ortho intramolecular Hbond substituents is 2. The third-order valence-electron chi connectivity index (χ3n) is 5.28. The van der Waals surface area contributed by atoms with Crippen LogP contribution in [0.2, 0.25) is 0 Å². The molecule has 0 radical (unpaired) electrons. The summed E-state index contributed by atoms with van der Waals surface area (Å²) in [7, 11) is 0. The molecule has 12 heteroatoms. The number of benzene rings is 1. The van der Waals surface area contributed by atoms with Crippen LogP contribution in [-0.4, -0.2) is 116 Å². The second-order valence-electron chi connectivity index (χ2n) is 7.50. The van der Waals surface area contributed by atoms with Crippen LogP contribution in [-0.2, 0) is 25.4 Å². The van der Waals surface area contributed by atoms with Crippen LogP contribution < -0.4 is 0 Å². The van der Waals surface area contributed by atoms with Gasteiger partial charge in [0.2, 0.25) is 0 Å². The van der Waals surface area contributed by atoms with Crippen LogP contribution in [0.5, 0.6) is 11.5 Å². The second kappa shape index (κ2) is 10.4. The molecular formula is C19H28O12. The molecule has 0 bridgehead atoms. The van der Waals surface area contributed by atoms with Gasteiger partial charge >= 0.3 is 0 Å². The van der Waals surface area contributed by atoms with Gasteiger partial charge in [0.15, 0.2) is 24.1 Å². The number of aliphatic hydroxyl groups excluding tert-OH is 6. The zero-order valence-electron chi connectivity index (χ0n) is 16.5. The molecule has 2 aliphatic rings. The average molecular weight is 448 g/mol. The van der Waals surface area contributed by atoms with Gasteiger partial charge in [-0.3, -0.25) is 0 Å². The first-order chi connectivity index (χ1) is 14.7. The van der Waals surface area contributed by atoms with E-state index in [1.54, 1.807) is 6.07 Å². The van der Waals surface area contributed by atoms with Crippen molar-refractivity contribution >= 4 is 0 Å². The molecule has 9 atom stereocenters. The number of rotatable bonds is 7. The molecule has 2 saturated heterocycles. The summed E-state index contributed by atoms with van der Waals surface area (Å²) < 4.78 is 21.8. The molecule has 0 spiro atoms. The van der Waals surface area contributed by atoms with Crippen LogP contribution in [0.3, 0.4) is 0 Å². The highest BCUT2D eigenvalue weighted by molar-refractivity contribution is 5.40. The van der Waals surface area contributed by atoms with Crippen molar-refractivity contribution in [2.45, 2.75) is 61.7 Å². The highest BCUT2D eigenvalue weighted by Gasteiger charge is 2.49. The predicted molar refractivity (Wildman–Crippen MR) is 99.8 cm³/mol. The third-order valence-corrected chi connectivity index (χ3v) is 5.28. The smallest absolute Gasteiger partial charge is 0.187 e. The molecule has 0 aromatic heterocycles. The Morgan fingerprint density at radius 3 is 2.32 bits per heavy atom. The fourth-order valence-corrected chi connectivity index (χ4v) is 3.41. The van der Waals surface area contributed by atoms with Crippen molar-refractivity contribution in [1.82, 2.24) is 0 Å². The van der Waals surface area contributed by atoms with Crippen molar-refractivity contribution in [3.8, 4) is 11.5 Å². The average Bonchev–Trinajstić information content (AvgIpc) is 2.75. The van der Waals surface area contributed by atoms with Gasteiger partial charge in [0.05, 0.1) is 19.8 Å². The lowest BCUT2D eigenvalue weighted by Gasteiger charge is -2.44. The summed E-state index contributed by atoms with van der Waals surface area (Å²) in [6, 6.07) is 4.24. The number of hydrogen-bond acceptors (Lipinski definition) is 12. The molecule has 0 unspecified atom stereocenters. The monoisotopic (exact) mass is 448 g/mol. The lowest BCUT2D eigenvalue weighted by Crippen LogP contribution is -2.63. The third kappa shape index (κ3) is 5.43. The summed E-state index contributed by atoms with van der Waals surface area (Å²) in [6.45, 7) is -0.931. The molecule has 31 heavy (non-hydrogen) atoms. The summed E-state index contributed by atoms with van der Waals surface area (Å²) in [4.78, 5) is 0. The van der Waals surface area contributed by atoms with E-state index in [4.69, 9.17) is 18.9 Å². The van der Waals surface area contributed by atoms with Gasteiger partial charge in [-0.15, -0.1) is 0 Å². The normalized spacial score (nSPS) is 38.8. The van der Waals surface area contributed by atoms with Crippen LogP contribution in [0.15, 0.2) is 18.2 Å². The first kappa shape index (κ1) is 24.1. The quantitative estimate of drug-likeness (QED) is 0.196. The lowest BCUT2D eigenvalue weighted by atomic mass is 9.98. The fourth-order valence-electron chi connectivity index (χ4n) is 3.41. The van der Waals surface area contributed by atoms with Crippen LogP contribution in [0.4, 0.5) is 0 Å². The molecule has 2 fully saturated rings. The first-order valence-corrected chi connectivity index (χ1v) is 9.79. The van der Waals surface area contributed by atoms with Crippen LogP contribution >= 0.6 is 0 Å². The summed E-state index contributed by atoms with van der Waals surface area (Å²) in [5.41, 5.74) is 0.631. The predicted octanol–water partition coefficient (Wildman–Crippen LogP) is -3.08. The van der Waals surface area contributed by atoms with E-state index in [2.05, 4.69) is 0 Å². The Labute approximate surface area is 177 Å². The van der Waals surface area contributed by atoms with Crippen molar-refractivity contribution in [2.24, 2.45) is 0 Å². The van der Waals surface area contributed by atoms with E-state index in [0.29, 0.717) is 5.56 Å². The lowest BCUT2D eigenvalue weighted by molar-refractivity contribution is -0.356. The maximum Gasteiger partial charge on any atom is 0.187 e. The van der Waals surface area contributed by atoms with E-state index < -0.39 is 61.9 Å². The first-order valence-electron chi connectivity index (χ1n) is 9.79. The van der Waals surface area contributed by atoms with Crippen LogP contribution in [0.25, 0.3) is 0 Å². The highest BCUT2D eigenvalue weighted by atomic mass is 16.8. The molecule has 12 nitrogen and oxygen atoms in total. The zero-order chi connectivity index (χ0) is 22.7. The summed E-state index contributed by atoms with van der Waals surface area (Å²) in [5.74, 6) is -0.564. The number of ether oxygens (including phenoxy) is 4. The van der Waals surface area contributed by atoms with E-state index in [1.165, 1.54) is 12.1 Å². The highest BCUT2D eigenvalue weighted by Crippen LogP contribution is 2.29. The minimum atomic E-state index is -1.63. The molecule has 1 aromatic rings. The Hall–Kier alpha value is -1.58. The number of phenols is 2. The summed E-state index contributed by atoms with van der Waals surface area (Å²) >= 11 is 0. The minimum absolute atomic E-state index is 0.00508. The van der Waals surface area contributed by atoms with Gasteiger partial charge in [-0.25, -0.2) is 0 Å². The molecule has 0 saturated carbocycles. The van der Waals surface area contributed by atoms with E-state index >= 15 is 0 Å². The Morgan fingerprint density at radius 1 is 0.903 bits per heavy atom. The Balaban J connectivity index is 1.67. The number of hydrogen-bond donors (Lipinski definition) is 8. The van der Waals surface area contributed by atoms with Crippen molar-refractivity contribution in [1.29, 1.82) is 0 Å². The summed E-state index contributed by atoms with van der Waals surface area (Å²) in [5, 5.41) is 78.4. The van der Waals surface area contributed by atoms with Gasteiger partial charge < -0.3 is 59.8 Å². The fraction of sp³-hybridized carbons (Fsp3) is 0.684. The molecular weight excluding hydrogens is 420 g/mol. The Bertz CT molecular complexity index is 717. The van der Waals surface area contributed by atoms with E-state index in [9.17, 15) is 40.9 Å². The van der Waals surface area contributed by atoms with Gasteiger partial charge in [-0.1, -0.05) is 6.07 Å². The Morgan fingerprint density at radius 2 is 1.65 bits per heavy atom. The SMILES string of the molecule is OC[C@H]1O[C@@H](OCCc2ccc(O)c(O)c2)[C@H](O[C@@H]2OC[C@@H](O)[C@H](O)[C@H]2O)[C@@H](O)[C@@H]1O. The van der Waals surface area contributed by atoms with E-state index in [-0.39, 0.29) is 31.1 Å². The maximum absolute atomic E-state index is 10.5. The number of aromatic hydroxyl groups is 2. The van der Waals surface area contributed by atoms with Gasteiger partial charge in [0.1, 0.15) is 42.7 Å². The van der Waals surface area contributed by atoms with E-state index in [1.807, 2.05) is 0 Å². The molecule has 3 rings (SSSR count). The Kier molecular flexibility index (Phi) is 8.04. The molecule has 0 amide bonds. The number of aliphatic hydroxyl groups is 6. The standard InChI is InChI=1S/C19H28O12/c20-6-12-14(25)15(26)17(31-18-16(27)13(24)11(23)7-29-18)19(30-12)28-4-3-8-1-2-9(21)10(22)5-8/h1-2,5,11-27H,3-4,6-7H2/t11-,12-,13+,14-,15+,16-,17-,18+,19-/m1/s1. The van der Waals surface area contributed by atoms with Gasteiger partial charge in [-0.2, -0.15) is 0 Å². The molecule has 2 aliphatic heterocycles. The largest absolute Gasteiger partial charge is 0.504 e. The van der Waals surface area contributed by atoms with E-state index in [0.717, 1.165) is 0 Å². The topological polar surface area (TPSA) is 199 Å². The van der Waals surface area contributed by atoms with Crippen molar-refractivity contribution < 1.29 is 59.8 Å².